The number of nitrogens with two attached hydrogens (primary N) is 1. The highest BCUT2D eigenvalue weighted by atomic mass is 127. The summed E-state index contributed by atoms with van der Waals surface area (Å²) in [5.41, 5.74) is 7.26. The van der Waals surface area contributed by atoms with Crippen molar-refractivity contribution in [3.05, 3.63) is 59.7 Å². The van der Waals surface area contributed by atoms with Crippen LogP contribution in [0.1, 0.15) is 18.1 Å². The van der Waals surface area contributed by atoms with E-state index in [-0.39, 0.29) is 30.6 Å². The lowest BCUT2D eigenvalue weighted by Crippen LogP contribution is -2.38. The number of ether oxygens (including phenoxy) is 2. The number of rotatable bonds is 9. The molecule has 2 aromatic rings. The Morgan fingerprint density at radius 3 is 2.48 bits per heavy atom. The van der Waals surface area contributed by atoms with Gasteiger partial charge >= 0.3 is 0 Å². The van der Waals surface area contributed by atoms with Gasteiger partial charge in [-0.1, -0.05) is 24.3 Å². The van der Waals surface area contributed by atoms with Gasteiger partial charge in [-0.05, 0) is 42.3 Å². The number of halogens is 1. The largest absolute Gasteiger partial charge is 0.497 e. The SMILES string of the molecule is CCNC(=NCc1cccc(OCC(N)=O)c1)N(C)Cc1ccc(OC)cc1.I. The Morgan fingerprint density at radius 1 is 1.14 bits per heavy atom. The molecule has 0 saturated carbocycles. The van der Waals surface area contributed by atoms with E-state index in [1.807, 2.05) is 56.4 Å². The molecule has 0 radical (unpaired) electrons. The number of amides is 1. The molecule has 1 amide bonds. The summed E-state index contributed by atoms with van der Waals surface area (Å²) in [6, 6.07) is 15.5. The average Bonchev–Trinajstić information content (AvgIpc) is 2.70. The minimum Gasteiger partial charge on any atom is -0.497 e. The Hall–Kier alpha value is -2.49. The van der Waals surface area contributed by atoms with Gasteiger partial charge in [-0.3, -0.25) is 4.79 Å². The summed E-state index contributed by atoms with van der Waals surface area (Å²) in [5, 5.41) is 3.31. The number of primary amides is 1. The molecular weight excluding hydrogens is 483 g/mol. The molecule has 0 atom stereocenters. The lowest BCUT2D eigenvalue weighted by Gasteiger charge is -2.22. The van der Waals surface area contributed by atoms with E-state index >= 15 is 0 Å². The predicted octanol–water partition coefficient (Wildman–Crippen LogP) is 2.77. The van der Waals surface area contributed by atoms with E-state index in [0.29, 0.717) is 12.3 Å². The molecule has 158 valence electrons. The van der Waals surface area contributed by atoms with Gasteiger partial charge in [0.1, 0.15) is 11.5 Å². The molecule has 0 aliphatic heterocycles. The standard InChI is InChI=1S/C21H28N4O3.HI/c1-4-23-21(25(2)14-16-8-10-18(27-3)11-9-16)24-13-17-6-5-7-19(12-17)28-15-20(22)26;/h5-12H,4,13-15H2,1-3H3,(H2,22,26)(H,23,24);1H. The van der Waals surface area contributed by atoms with Crippen molar-refractivity contribution in [2.24, 2.45) is 10.7 Å². The normalized spacial score (nSPS) is 10.7. The van der Waals surface area contributed by atoms with E-state index < -0.39 is 5.91 Å². The number of carbonyl (C=O) groups is 1. The molecule has 0 unspecified atom stereocenters. The molecule has 7 nitrogen and oxygen atoms in total. The number of nitrogens with zero attached hydrogens (tertiary/aromatic N) is 2. The van der Waals surface area contributed by atoms with Crippen LogP contribution in [0.4, 0.5) is 0 Å². The molecular formula is C21H29IN4O3. The Morgan fingerprint density at radius 2 is 1.86 bits per heavy atom. The summed E-state index contributed by atoms with van der Waals surface area (Å²) in [7, 11) is 3.66. The first-order valence-corrected chi connectivity index (χ1v) is 9.14. The number of hydrogen-bond acceptors (Lipinski definition) is 4. The minimum absolute atomic E-state index is 0. The topological polar surface area (TPSA) is 89.2 Å². The molecule has 8 heteroatoms. The van der Waals surface area contributed by atoms with Crippen LogP contribution in [-0.2, 0) is 17.9 Å². The fraction of sp³-hybridized carbons (Fsp3) is 0.333. The van der Waals surface area contributed by atoms with Crippen molar-refractivity contribution < 1.29 is 14.3 Å². The highest BCUT2D eigenvalue weighted by molar-refractivity contribution is 14.0. The fourth-order valence-electron chi connectivity index (χ4n) is 2.60. The van der Waals surface area contributed by atoms with Crippen molar-refractivity contribution in [1.29, 1.82) is 0 Å². The summed E-state index contributed by atoms with van der Waals surface area (Å²) in [4.78, 5) is 17.6. The third-order valence-corrected chi connectivity index (χ3v) is 3.97. The lowest BCUT2D eigenvalue weighted by atomic mass is 10.2. The molecule has 2 aromatic carbocycles. The minimum atomic E-state index is -0.502. The van der Waals surface area contributed by atoms with Crippen LogP contribution in [-0.4, -0.2) is 44.1 Å². The number of hydrogen-bond donors (Lipinski definition) is 2. The van der Waals surface area contributed by atoms with Gasteiger partial charge < -0.3 is 25.4 Å². The number of nitrogens with one attached hydrogen (secondary N) is 1. The second-order valence-electron chi connectivity index (χ2n) is 6.28. The van der Waals surface area contributed by atoms with Gasteiger partial charge in [0.15, 0.2) is 12.6 Å². The van der Waals surface area contributed by atoms with Gasteiger partial charge in [-0.2, -0.15) is 0 Å². The third-order valence-electron chi connectivity index (χ3n) is 3.97. The average molecular weight is 512 g/mol. The molecule has 0 bridgehead atoms. The van der Waals surface area contributed by atoms with Crippen LogP contribution in [0, 0.1) is 0 Å². The number of methoxy groups -OCH3 is 1. The Kier molecular flexibility index (Phi) is 10.9. The van der Waals surface area contributed by atoms with Crippen LogP contribution in [0.2, 0.25) is 0 Å². The number of guanidine groups is 1. The quantitative estimate of drug-likeness (QED) is 0.307. The van der Waals surface area contributed by atoms with E-state index in [1.165, 1.54) is 0 Å². The lowest BCUT2D eigenvalue weighted by molar-refractivity contribution is -0.119. The highest BCUT2D eigenvalue weighted by Gasteiger charge is 2.07. The van der Waals surface area contributed by atoms with E-state index in [9.17, 15) is 4.79 Å². The summed E-state index contributed by atoms with van der Waals surface area (Å²) in [6.45, 7) is 3.88. The maximum Gasteiger partial charge on any atom is 0.255 e. The van der Waals surface area contributed by atoms with Gasteiger partial charge in [0.25, 0.3) is 5.91 Å². The van der Waals surface area contributed by atoms with Crippen molar-refractivity contribution >= 4 is 35.8 Å². The molecule has 0 aliphatic carbocycles. The number of carbonyl (C=O) groups excluding carboxylic acids is 1. The molecule has 0 aliphatic rings. The maximum atomic E-state index is 10.9. The van der Waals surface area contributed by atoms with Gasteiger partial charge in [-0.25, -0.2) is 4.99 Å². The molecule has 29 heavy (non-hydrogen) atoms. The maximum absolute atomic E-state index is 10.9. The first-order valence-electron chi connectivity index (χ1n) is 9.14. The first-order chi connectivity index (χ1) is 13.5. The van der Waals surface area contributed by atoms with E-state index in [4.69, 9.17) is 20.2 Å². The Balaban J connectivity index is 0.00000420. The van der Waals surface area contributed by atoms with Crippen molar-refractivity contribution in [3.8, 4) is 11.5 Å². The van der Waals surface area contributed by atoms with E-state index in [2.05, 4.69) is 10.2 Å². The van der Waals surface area contributed by atoms with Crippen molar-refractivity contribution in [3.63, 3.8) is 0 Å². The van der Waals surface area contributed by atoms with E-state index in [1.54, 1.807) is 13.2 Å². The van der Waals surface area contributed by atoms with Crippen LogP contribution in [0.25, 0.3) is 0 Å². The smallest absolute Gasteiger partial charge is 0.255 e. The fourth-order valence-corrected chi connectivity index (χ4v) is 2.60. The molecule has 0 aromatic heterocycles. The molecule has 3 N–H and O–H groups in total. The zero-order chi connectivity index (χ0) is 20.4. The van der Waals surface area contributed by atoms with Crippen molar-refractivity contribution in [2.45, 2.75) is 20.0 Å². The molecule has 0 spiro atoms. The van der Waals surface area contributed by atoms with Crippen molar-refractivity contribution in [2.75, 3.05) is 27.3 Å². The first kappa shape index (κ1) is 24.5. The molecule has 0 fully saturated rings. The van der Waals surface area contributed by atoms with E-state index in [0.717, 1.165) is 35.9 Å². The van der Waals surface area contributed by atoms with Crippen molar-refractivity contribution in [1.82, 2.24) is 10.2 Å². The van der Waals surface area contributed by atoms with Gasteiger partial charge in [0.05, 0.1) is 13.7 Å². The van der Waals surface area contributed by atoms with Crippen LogP contribution in [0.15, 0.2) is 53.5 Å². The molecule has 2 rings (SSSR count). The number of benzene rings is 2. The predicted molar refractivity (Wildman–Crippen MR) is 126 cm³/mol. The van der Waals surface area contributed by atoms with Crippen LogP contribution < -0.4 is 20.5 Å². The second-order valence-corrected chi connectivity index (χ2v) is 6.28. The third kappa shape index (κ3) is 8.59. The Labute approximate surface area is 189 Å². The van der Waals surface area contributed by atoms with Crippen LogP contribution in [0.3, 0.4) is 0 Å². The summed E-state index contributed by atoms with van der Waals surface area (Å²) < 4.78 is 10.6. The van der Waals surface area contributed by atoms with Crippen LogP contribution >= 0.6 is 24.0 Å². The Bertz CT molecular complexity index is 797. The summed E-state index contributed by atoms with van der Waals surface area (Å²) >= 11 is 0. The highest BCUT2D eigenvalue weighted by Crippen LogP contribution is 2.15. The zero-order valence-electron chi connectivity index (χ0n) is 17.1. The van der Waals surface area contributed by atoms with Crippen LogP contribution in [0.5, 0.6) is 11.5 Å². The van der Waals surface area contributed by atoms with Gasteiger partial charge in [0.2, 0.25) is 0 Å². The number of aliphatic imine (C=N–C) groups is 1. The summed E-state index contributed by atoms with van der Waals surface area (Å²) in [5.74, 6) is 1.74. The summed E-state index contributed by atoms with van der Waals surface area (Å²) in [6.07, 6.45) is 0. The zero-order valence-corrected chi connectivity index (χ0v) is 19.4. The monoisotopic (exact) mass is 512 g/mol. The van der Waals surface area contributed by atoms with Gasteiger partial charge in [-0.15, -0.1) is 24.0 Å². The molecule has 0 saturated heterocycles. The molecule has 0 heterocycles. The second kappa shape index (κ2) is 12.9. The van der Waals surface area contributed by atoms with Gasteiger partial charge in [0, 0.05) is 20.1 Å².